The van der Waals surface area contributed by atoms with Crippen LogP contribution in [0.25, 0.3) is 0 Å². The lowest BCUT2D eigenvalue weighted by molar-refractivity contribution is 0.616. The first-order valence-electron chi connectivity index (χ1n) is 4.97. The second-order valence-electron chi connectivity index (χ2n) is 3.45. The fourth-order valence-electron chi connectivity index (χ4n) is 1.08. The molecule has 1 rings (SSSR count). The quantitative estimate of drug-likeness (QED) is 0.776. The van der Waals surface area contributed by atoms with Crippen molar-refractivity contribution in [2.75, 3.05) is 0 Å². The molecule has 0 aliphatic carbocycles. The van der Waals surface area contributed by atoms with Crippen LogP contribution in [0, 0.1) is 17.1 Å². The van der Waals surface area contributed by atoms with Crippen LogP contribution in [0.15, 0.2) is 18.2 Å². The van der Waals surface area contributed by atoms with Gasteiger partial charge >= 0.3 is 0 Å². The minimum atomic E-state index is -0.273. The van der Waals surface area contributed by atoms with Crippen LogP contribution in [0.4, 0.5) is 4.39 Å². The fourth-order valence-corrected chi connectivity index (χ4v) is 2.02. The summed E-state index contributed by atoms with van der Waals surface area (Å²) < 4.78 is 13.4. The van der Waals surface area contributed by atoms with Crippen molar-refractivity contribution in [2.45, 2.75) is 31.3 Å². The summed E-state index contributed by atoms with van der Waals surface area (Å²) in [5, 5.41) is 9.13. The van der Waals surface area contributed by atoms with Gasteiger partial charge in [-0.1, -0.05) is 19.9 Å². The fraction of sp³-hybridized carbons (Fsp3) is 0.417. The maximum absolute atomic E-state index is 13.4. The number of nitrogens with zero attached hydrogens (tertiary/aromatic N) is 1. The summed E-state index contributed by atoms with van der Waals surface area (Å²) in [6.45, 7) is 4.25. The van der Waals surface area contributed by atoms with Crippen LogP contribution in [0.5, 0.6) is 0 Å². The number of rotatable bonds is 4. The van der Waals surface area contributed by atoms with E-state index in [1.807, 2.05) is 6.07 Å². The molecule has 0 aromatic heterocycles. The molecule has 0 bridgehead atoms. The number of hydrogen-bond acceptors (Lipinski definition) is 2. The maximum atomic E-state index is 13.4. The Kier molecular flexibility index (Phi) is 4.64. The highest BCUT2D eigenvalue weighted by Crippen LogP contribution is 2.21. The van der Waals surface area contributed by atoms with Crippen LogP contribution < -0.4 is 0 Å². The molecule has 0 fully saturated rings. The van der Waals surface area contributed by atoms with Crippen LogP contribution in [0.1, 0.15) is 31.4 Å². The minimum Gasteiger partial charge on any atom is -0.207 e. The third-order valence-corrected chi connectivity index (χ3v) is 3.66. The molecule has 1 unspecified atom stereocenters. The molecule has 0 aliphatic rings. The summed E-state index contributed by atoms with van der Waals surface area (Å²) in [5.74, 6) is 0.400. The highest BCUT2D eigenvalue weighted by molar-refractivity contribution is 7.99. The Morgan fingerprint density at radius 1 is 1.53 bits per heavy atom. The van der Waals surface area contributed by atoms with E-state index in [2.05, 4.69) is 13.8 Å². The average molecular weight is 223 g/mol. The molecule has 0 amide bonds. The van der Waals surface area contributed by atoms with Crippen molar-refractivity contribution in [3.05, 3.63) is 35.1 Å². The van der Waals surface area contributed by atoms with E-state index < -0.39 is 0 Å². The Morgan fingerprint density at radius 3 is 2.80 bits per heavy atom. The van der Waals surface area contributed by atoms with Gasteiger partial charge in [0.15, 0.2) is 0 Å². The van der Waals surface area contributed by atoms with Gasteiger partial charge < -0.3 is 0 Å². The second kappa shape index (κ2) is 5.77. The van der Waals surface area contributed by atoms with Gasteiger partial charge in [0.05, 0.1) is 11.6 Å². The Hall–Kier alpha value is -1.01. The average Bonchev–Trinajstić information content (AvgIpc) is 2.26. The smallest absolute Gasteiger partial charge is 0.128 e. The summed E-state index contributed by atoms with van der Waals surface area (Å²) in [4.78, 5) is 0. The highest BCUT2D eigenvalue weighted by Gasteiger charge is 2.05. The highest BCUT2D eigenvalue weighted by atomic mass is 32.2. The zero-order valence-electron chi connectivity index (χ0n) is 8.96. The molecule has 0 saturated carbocycles. The molecule has 15 heavy (non-hydrogen) atoms. The third-order valence-electron chi connectivity index (χ3n) is 2.28. The van der Waals surface area contributed by atoms with E-state index in [-0.39, 0.29) is 5.82 Å². The topological polar surface area (TPSA) is 23.8 Å². The lowest BCUT2D eigenvalue weighted by atomic mass is 10.1. The molecule has 1 atom stereocenters. The molecule has 0 heterocycles. The lowest BCUT2D eigenvalue weighted by Gasteiger charge is -2.08. The van der Waals surface area contributed by atoms with E-state index in [0.717, 1.165) is 6.42 Å². The standard InChI is InChI=1S/C12H14FNS/c1-3-9(2)15-8-11-5-4-10(7-14)6-12(11)13/h4-6,9H,3,8H2,1-2H3. The first kappa shape index (κ1) is 12.1. The first-order chi connectivity index (χ1) is 7.17. The van der Waals surface area contributed by atoms with Gasteiger partial charge in [-0.15, -0.1) is 0 Å². The van der Waals surface area contributed by atoms with Crippen molar-refractivity contribution in [3.63, 3.8) is 0 Å². The Balaban J connectivity index is 2.67. The van der Waals surface area contributed by atoms with E-state index in [9.17, 15) is 4.39 Å². The third kappa shape index (κ3) is 3.56. The molecule has 0 spiro atoms. The summed E-state index contributed by atoms with van der Waals surface area (Å²) in [6, 6.07) is 6.58. The monoisotopic (exact) mass is 223 g/mol. The van der Waals surface area contributed by atoms with Crippen LogP contribution in [0.2, 0.25) is 0 Å². The molecule has 0 N–H and O–H groups in total. The molecule has 1 aromatic rings. The zero-order chi connectivity index (χ0) is 11.3. The number of nitriles is 1. The van der Waals surface area contributed by atoms with Crippen LogP contribution >= 0.6 is 11.8 Å². The van der Waals surface area contributed by atoms with Crippen LogP contribution in [-0.4, -0.2) is 5.25 Å². The summed E-state index contributed by atoms with van der Waals surface area (Å²) >= 11 is 1.73. The second-order valence-corrected chi connectivity index (χ2v) is 4.87. The number of halogens is 1. The maximum Gasteiger partial charge on any atom is 0.128 e. The molecule has 1 aromatic carbocycles. The van der Waals surface area contributed by atoms with Crippen LogP contribution in [0.3, 0.4) is 0 Å². The van der Waals surface area contributed by atoms with Gasteiger partial charge in [-0.05, 0) is 24.1 Å². The van der Waals surface area contributed by atoms with E-state index >= 15 is 0 Å². The van der Waals surface area contributed by atoms with Gasteiger partial charge in [0, 0.05) is 11.0 Å². The molecule has 3 heteroatoms. The summed E-state index contributed by atoms with van der Waals surface area (Å²) in [7, 11) is 0. The van der Waals surface area contributed by atoms with E-state index in [0.29, 0.717) is 22.1 Å². The van der Waals surface area contributed by atoms with E-state index in [1.54, 1.807) is 23.9 Å². The van der Waals surface area contributed by atoms with Crippen molar-refractivity contribution in [1.82, 2.24) is 0 Å². The Labute approximate surface area is 94.3 Å². The van der Waals surface area contributed by atoms with Gasteiger partial charge in [-0.3, -0.25) is 0 Å². The minimum absolute atomic E-state index is 0.273. The Bertz CT molecular complexity index is 370. The van der Waals surface area contributed by atoms with Crippen molar-refractivity contribution in [3.8, 4) is 6.07 Å². The number of benzene rings is 1. The van der Waals surface area contributed by atoms with Crippen molar-refractivity contribution >= 4 is 11.8 Å². The van der Waals surface area contributed by atoms with Gasteiger partial charge in [0.1, 0.15) is 5.82 Å². The predicted octanol–water partition coefficient (Wildman–Crippen LogP) is 3.73. The molecular formula is C12H14FNS. The zero-order valence-corrected chi connectivity index (χ0v) is 9.77. The molecular weight excluding hydrogens is 209 g/mol. The molecule has 0 saturated heterocycles. The Morgan fingerprint density at radius 2 is 2.27 bits per heavy atom. The van der Waals surface area contributed by atoms with E-state index in [4.69, 9.17) is 5.26 Å². The van der Waals surface area contributed by atoms with Gasteiger partial charge in [-0.25, -0.2) is 4.39 Å². The van der Waals surface area contributed by atoms with Crippen molar-refractivity contribution in [1.29, 1.82) is 5.26 Å². The van der Waals surface area contributed by atoms with E-state index in [1.165, 1.54) is 6.07 Å². The SMILES string of the molecule is CCC(C)SCc1ccc(C#N)cc1F. The number of thioether (sulfide) groups is 1. The molecule has 80 valence electrons. The van der Waals surface area contributed by atoms with Gasteiger partial charge in [0.2, 0.25) is 0 Å². The summed E-state index contributed by atoms with van der Waals surface area (Å²) in [5.41, 5.74) is 1.06. The normalized spacial score (nSPS) is 12.1. The first-order valence-corrected chi connectivity index (χ1v) is 6.02. The lowest BCUT2D eigenvalue weighted by Crippen LogP contribution is -1.96. The summed E-state index contributed by atoms with van der Waals surface area (Å²) in [6.07, 6.45) is 1.09. The molecule has 0 radical (unpaired) electrons. The molecule has 1 nitrogen and oxygen atoms in total. The predicted molar refractivity (Wildman–Crippen MR) is 62.2 cm³/mol. The van der Waals surface area contributed by atoms with Crippen molar-refractivity contribution < 1.29 is 4.39 Å². The largest absolute Gasteiger partial charge is 0.207 e. The van der Waals surface area contributed by atoms with Gasteiger partial charge in [-0.2, -0.15) is 17.0 Å². The number of hydrogen-bond donors (Lipinski definition) is 0. The van der Waals surface area contributed by atoms with Gasteiger partial charge in [0.25, 0.3) is 0 Å². The molecule has 0 aliphatic heterocycles. The van der Waals surface area contributed by atoms with Crippen LogP contribution in [-0.2, 0) is 5.75 Å². The van der Waals surface area contributed by atoms with Crippen molar-refractivity contribution in [2.24, 2.45) is 0 Å².